The van der Waals surface area contributed by atoms with Crippen molar-refractivity contribution in [2.24, 2.45) is 0 Å². The molecule has 8 nitrogen and oxygen atoms in total. The molecule has 8 heteroatoms. The monoisotopic (exact) mass is 500 g/mol. The number of hydrogen-bond donors (Lipinski definition) is 4. The van der Waals surface area contributed by atoms with Gasteiger partial charge >= 0.3 is 12.0 Å². The standard InChI is InChI=1S/C27H39N3O3.CH2O2/c1-30(2,3)21-25(20-26(31)32)29-27(33)28-19-11-6-4-5-8-12-22-15-17-24(18-16-22)23-13-9-7-10-14-23;2-1-3/h7,9-10,13-18,25H,4-6,8,11-12,19-21H2,1-3H3,(H2-,28,29,31,32,33);1H,(H,2,3)/p+1/t25-;/m1./s1. The van der Waals surface area contributed by atoms with Crippen LogP contribution in [0, 0.1) is 0 Å². The molecule has 4 N–H and O–H groups in total. The molecule has 0 saturated heterocycles. The largest absolute Gasteiger partial charge is 0.483 e. The number of nitrogens with one attached hydrogen (secondary N) is 2. The topological polar surface area (TPSA) is 116 Å². The Labute approximate surface area is 214 Å². The molecule has 0 aliphatic rings. The van der Waals surface area contributed by atoms with E-state index in [0.717, 1.165) is 25.7 Å². The molecule has 0 radical (unpaired) electrons. The van der Waals surface area contributed by atoms with E-state index in [4.69, 9.17) is 15.0 Å². The summed E-state index contributed by atoms with van der Waals surface area (Å²) in [6, 6.07) is 18.6. The molecule has 2 aromatic rings. The first-order valence-electron chi connectivity index (χ1n) is 12.4. The number of nitrogens with zero attached hydrogens (tertiary/aromatic N) is 1. The van der Waals surface area contributed by atoms with E-state index >= 15 is 0 Å². The zero-order valence-electron chi connectivity index (χ0n) is 21.8. The maximum atomic E-state index is 12.1. The van der Waals surface area contributed by atoms with E-state index in [0.29, 0.717) is 17.6 Å². The first-order valence-corrected chi connectivity index (χ1v) is 12.4. The Bertz CT molecular complexity index is 896. The molecule has 36 heavy (non-hydrogen) atoms. The summed E-state index contributed by atoms with van der Waals surface area (Å²) in [7, 11) is 5.94. The molecule has 0 saturated carbocycles. The number of carboxylic acids is 1. The van der Waals surface area contributed by atoms with Crippen LogP contribution in [0.3, 0.4) is 0 Å². The second-order valence-corrected chi connectivity index (χ2v) is 9.85. The fourth-order valence-corrected chi connectivity index (χ4v) is 3.95. The van der Waals surface area contributed by atoms with Crippen LogP contribution in [0.15, 0.2) is 54.6 Å². The molecule has 198 valence electrons. The Morgan fingerprint density at radius 3 is 2.03 bits per heavy atom. The van der Waals surface area contributed by atoms with Crippen LogP contribution in [0.5, 0.6) is 0 Å². The van der Waals surface area contributed by atoms with E-state index < -0.39 is 5.97 Å². The minimum atomic E-state index is -0.902. The van der Waals surface area contributed by atoms with E-state index in [-0.39, 0.29) is 25.0 Å². The summed E-state index contributed by atoms with van der Waals surface area (Å²) < 4.78 is 0.593. The highest BCUT2D eigenvalue weighted by Crippen LogP contribution is 2.20. The van der Waals surface area contributed by atoms with Crippen LogP contribution in [-0.2, 0) is 16.0 Å². The molecule has 0 aliphatic heterocycles. The van der Waals surface area contributed by atoms with Crippen molar-refractivity contribution in [3.63, 3.8) is 0 Å². The van der Waals surface area contributed by atoms with Crippen LogP contribution in [0.25, 0.3) is 11.1 Å². The number of likely N-dealkylation sites (N-methyl/N-ethyl adjacent to an activating group) is 1. The molecule has 0 aliphatic carbocycles. The second-order valence-electron chi connectivity index (χ2n) is 9.85. The lowest BCUT2D eigenvalue weighted by Gasteiger charge is -2.29. The maximum Gasteiger partial charge on any atom is 0.315 e. The van der Waals surface area contributed by atoms with Crippen molar-refractivity contribution in [1.29, 1.82) is 0 Å². The number of amides is 2. The van der Waals surface area contributed by atoms with Gasteiger partial charge in [-0.25, -0.2) is 4.79 Å². The summed E-state index contributed by atoms with van der Waals surface area (Å²) in [5, 5.41) is 21.6. The van der Waals surface area contributed by atoms with Crippen molar-refractivity contribution in [2.45, 2.75) is 51.0 Å². The number of quaternary nitrogens is 1. The fraction of sp³-hybridized carbons (Fsp3) is 0.464. The molecule has 0 spiro atoms. The smallest absolute Gasteiger partial charge is 0.315 e. The van der Waals surface area contributed by atoms with E-state index in [1.54, 1.807) is 0 Å². The molecule has 1 atom stereocenters. The van der Waals surface area contributed by atoms with E-state index in [1.165, 1.54) is 29.5 Å². The third-order valence-corrected chi connectivity index (χ3v) is 5.51. The van der Waals surface area contributed by atoms with Gasteiger partial charge in [-0.1, -0.05) is 73.9 Å². The second kappa shape index (κ2) is 17.1. The van der Waals surface area contributed by atoms with Gasteiger partial charge in [0, 0.05) is 6.54 Å². The summed E-state index contributed by atoms with van der Waals surface area (Å²) in [6.45, 7) is 0.922. The van der Waals surface area contributed by atoms with Gasteiger partial charge in [0.1, 0.15) is 0 Å². The quantitative estimate of drug-likeness (QED) is 0.174. The summed E-state index contributed by atoms with van der Waals surface area (Å²) in [5.74, 6) is -0.902. The van der Waals surface area contributed by atoms with Crippen molar-refractivity contribution >= 4 is 18.5 Å². The Kier molecular flexibility index (Phi) is 14.6. The number of aliphatic carboxylic acids is 1. The number of unbranched alkanes of at least 4 members (excludes halogenated alkanes) is 4. The van der Waals surface area contributed by atoms with Crippen LogP contribution in [0.2, 0.25) is 0 Å². The Morgan fingerprint density at radius 2 is 1.44 bits per heavy atom. The van der Waals surface area contributed by atoms with Gasteiger partial charge in [0.2, 0.25) is 0 Å². The zero-order chi connectivity index (χ0) is 26.8. The number of rotatable bonds is 14. The minimum absolute atomic E-state index is 0.0715. The van der Waals surface area contributed by atoms with Crippen molar-refractivity contribution in [2.75, 3.05) is 34.2 Å². The molecule has 0 heterocycles. The zero-order valence-corrected chi connectivity index (χ0v) is 21.8. The Morgan fingerprint density at radius 1 is 0.889 bits per heavy atom. The van der Waals surface area contributed by atoms with Gasteiger partial charge in [-0.3, -0.25) is 9.59 Å². The van der Waals surface area contributed by atoms with Crippen molar-refractivity contribution in [1.82, 2.24) is 10.6 Å². The van der Waals surface area contributed by atoms with Gasteiger partial charge in [-0.15, -0.1) is 0 Å². The van der Waals surface area contributed by atoms with Crippen molar-refractivity contribution in [3.8, 4) is 11.1 Å². The molecular formula is C28H42N3O5+. The van der Waals surface area contributed by atoms with Crippen LogP contribution in [-0.4, -0.2) is 73.4 Å². The van der Waals surface area contributed by atoms with Crippen LogP contribution in [0.1, 0.15) is 44.1 Å². The number of carbonyl (C=O) groups excluding carboxylic acids is 1. The first kappa shape index (κ1) is 30.6. The normalized spacial score (nSPS) is 11.5. The summed E-state index contributed by atoms with van der Waals surface area (Å²) in [4.78, 5) is 31.5. The molecule has 0 unspecified atom stereocenters. The minimum Gasteiger partial charge on any atom is -0.483 e. The summed E-state index contributed by atoms with van der Waals surface area (Å²) in [6.07, 6.45) is 6.51. The highest BCUT2D eigenvalue weighted by Gasteiger charge is 2.22. The lowest BCUT2D eigenvalue weighted by Crippen LogP contribution is -2.52. The lowest BCUT2D eigenvalue weighted by atomic mass is 10.0. The number of aryl methyl sites for hydroxylation is 1. The van der Waals surface area contributed by atoms with Gasteiger partial charge in [0.25, 0.3) is 6.47 Å². The molecule has 0 bridgehead atoms. The molecule has 2 amide bonds. The molecule has 0 aromatic heterocycles. The average Bonchev–Trinajstić information content (AvgIpc) is 2.81. The highest BCUT2D eigenvalue weighted by molar-refractivity contribution is 5.75. The highest BCUT2D eigenvalue weighted by atomic mass is 16.4. The summed E-state index contributed by atoms with van der Waals surface area (Å²) in [5.41, 5.74) is 3.87. The lowest BCUT2D eigenvalue weighted by molar-refractivity contribution is -0.871. The Balaban J connectivity index is 0.00000205. The number of urea groups is 1. The summed E-state index contributed by atoms with van der Waals surface area (Å²) >= 11 is 0. The van der Waals surface area contributed by atoms with Gasteiger partial charge < -0.3 is 25.3 Å². The van der Waals surface area contributed by atoms with Crippen LogP contribution >= 0.6 is 0 Å². The van der Waals surface area contributed by atoms with Crippen molar-refractivity contribution < 1.29 is 29.1 Å². The number of carbonyl (C=O) groups is 3. The van der Waals surface area contributed by atoms with Gasteiger partial charge in [0.05, 0.1) is 40.2 Å². The van der Waals surface area contributed by atoms with E-state index in [2.05, 4.69) is 59.2 Å². The molecule has 2 aromatic carbocycles. The third kappa shape index (κ3) is 14.8. The fourth-order valence-electron chi connectivity index (χ4n) is 3.95. The number of carboxylic acid groups (broad SMARTS) is 2. The number of hydrogen-bond acceptors (Lipinski definition) is 3. The van der Waals surface area contributed by atoms with E-state index in [1.807, 2.05) is 27.2 Å². The third-order valence-electron chi connectivity index (χ3n) is 5.51. The average molecular weight is 501 g/mol. The van der Waals surface area contributed by atoms with Gasteiger partial charge in [-0.05, 0) is 36.0 Å². The van der Waals surface area contributed by atoms with Gasteiger partial charge in [-0.2, -0.15) is 0 Å². The van der Waals surface area contributed by atoms with Crippen LogP contribution in [0.4, 0.5) is 4.79 Å². The van der Waals surface area contributed by atoms with Gasteiger partial charge in [0.15, 0.2) is 0 Å². The molecule has 2 rings (SSSR count). The first-order chi connectivity index (χ1) is 17.1. The maximum absolute atomic E-state index is 12.1. The van der Waals surface area contributed by atoms with Crippen LogP contribution < -0.4 is 10.6 Å². The predicted molar refractivity (Wildman–Crippen MR) is 143 cm³/mol. The molecular weight excluding hydrogens is 458 g/mol. The number of benzene rings is 2. The van der Waals surface area contributed by atoms with E-state index in [9.17, 15) is 9.59 Å². The predicted octanol–water partition coefficient (Wildman–Crippen LogP) is 4.40. The molecule has 0 fully saturated rings. The SMILES string of the molecule is C[N+](C)(C)C[C@@H](CC(=O)O)NC(=O)NCCCCCCCc1ccc(-c2ccccc2)cc1.O=CO. The van der Waals surface area contributed by atoms with Crippen molar-refractivity contribution in [3.05, 3.63) is 60.2 Å². The Hall–Kier alpha value is -3.39.